The van der Waals surface area contributed by atoms with Gasteiger partial charge in [-0.3, -0.25) is 0 Å². The van der Waals surface area contributed by atoms with Crippen molar-refractivity contribution in [3.8, 4) is 5.75 Å². The fourth-order valence-electron chi connectivity index (χ4n) is 0.992. The van der Waals surface area contributed by atoms with Crippen LogP contribution in [0.5, 0.6) is 5.75 Å². The van der Waals surface area contributed by atoms with Crippen LogP contribution in [0.25, 0.3) is 0 Å². The van der Waals surface area contributed by atoms with Crippen LogP contribution in [0.15, 0.2) is 18.3 Å². The maximum absolute atomic E-state index is 11.4. The van der Waals surface area contributed by atoms with E-state index in [1.54, 1.807) is 13.8 Å². The first-order valence-corrected chi connectivity index (χ1v) is 4.69. The summed E-state index contributed by atoms with van der Waals surface area (Å²) in [6.45, 7) is 3.44. The molecular weight excluding hydrogens is 213 g/mol. The zero-order valence-corrected chi connectivity index (χ0v) is 8.95. The minimum absolute atomic E-state index is 0.0480. The molecule has 1 aromatic heterocycles. The van der Waals surface area contributed by atoms with Crippen LogP contribution in [0.1, 0.15) is 24.3 Å². The highest BCUT2D eigenvalue weighted by molar-refractivity contribution is 6.33. The molecule has 0 fully saturated rings. The van der Waals surface area contributed by atoms with E-state index in [-0.39, 0.29) is 17.5 Å². The van der Waals surface area contributed by atoms with Gasteiger partial charge in [-0.15, -0.1) is 0 Å². The van der Waals surface area contributed by atoms with Crippen LogP contribution in [-0.4, -0.2) is 34.4 Å². The van der Waals surface area contributed by atoms with Crippen LogP contribution in [0, 0.1) is 0 Å². The van der Waals surface area contributed by atoms with Crippen molar-refractivity contribution in [1.82, 2.24) is 4.98 Å². The molecule has 0 aliphatic heterocycles. The Morgan fingerprint density at radius 1 is 1.50 bits per heavy atom. The molecule has 0 saturated carbocycles. The number of rotatable bonds is 4. The highest BCUT2D eigenvalue weighted by Gasteiger charge is 2.15. The molecule has 0 bridgehead atoms. The van der Waals surface area contributed by atoms with E-state index < -0.39 is 13.3 Å². The number of ether oxygens (including phenoxy) is 1. The minimum Gasteiger partial charge on any atom is -0.512 e. The van der Waals surface area contributed by atoms with Gasteiger partial charge in [0.1, 0.15) is 5.75 Å². The Bertz CT molecular complexity index is 369. The van der Waals surface area contributed by atoms with E-state index in [9.17, 15) is 4.79 Å². The van der Waals surface area contributed by atoms with Crippen molar-refractivity contribution in [2.75, 3.05) is 0 Å². The lowest BCUT2D eigenvalue weighted by Gasteiger charge is -2.08. The summed E-state index contributed by atoms with van der Waals surface area (Å²) >= 11 is 0. The van der Waals surface area contributed by atoms with Gasteiger partial charge in [0, 0.05) is 12.3 Å². The quantitative estimate of drug-likeness (QED) is 0.553. The minimum atomic E-state index is -1.93. The van der Waals surface area contributed by atoms with Crippen LogP contribution in [0.2, 0.25) is 0 Å². The Kier molecular flexibility index (Phi) is 4.27. The highest BCUT2D eigenvalue weighted by Crippen LogP contribution is 2.12. The molecule has 0 atom stereocenters. The zero-order valence-electron chi connectivity index (χ0n) is 8.95. The molecule has 0 aliphatic carbocycles. The second-order valence-electron chi connectivity index (χ2n) is 3.27. The van der Waals surface area contributed by atoms with Crippen LogP contribution >= 0.6 is 0 Å². The summed E-state index contributed by atoms with van der Waals surface area (Å²) in [4.78, 5) is 15.2. The first-order valence-electron chi connectivity index (χ1n) is 4.69. The van der Waals surface area contributed by atoms with Crippen molar-refractivity contribution < 1.29 is 24.2 Å². The first kappa shape index (κ1) is 12.5. The van der Waals surface area contributed by atoms with Gasteiger partial charge in [-0.1, -0.05) is 0 Å². The molecule has 86 valence electrons. The molecule has 0 unspecified atom stereocenters. The summed E-state index contributed by atoms with van der Waals surface area (Å²) in [6, 6.07) is 2.66. The van der Waals surface area contributed by atoms with Crippen LogP contribution in [0.4, 0.5) is 0 Å². The van der Waals surface area contributed by atoms with Crippen molar-refractivity contribution in [2.45, 2.75) is 20.0 Å². The largest absolute Gasteiger partial charge is 0.707 e. The summed E-state index contributed by atoms with van der Waals surface area (Å²) in [5, 5.41) is 17.2. The number of carbonyl (C=O) groups excluding carboxylic acids is 1. The summed E-state index contributed by atoms with van der Waals surface area (Å²) in [5.74, 6) is -0.464. The molecule has 16 heavy (non-hydrogen) atoms. The van der Waals surface area contributed by atoms with Gasteiger partial charge in [-0.2, -0.15) is 0 Å². The summed E-state index contributed by atoms with van der Waals surface area (Å²) in [5.41, 5.74) is 0.0480. The maximum Gasteiger partial charge on any atom is 0.707 e. The highest BCUT2D eigenvalue weighted by atomic mass is 16.6. The molecule has 2 N–H and O–H groups in total. The number of carbonyl (C=O) groups is 1. The molecule has 1 heterocycles. The van der Waals surface area contributed by atoms with Crippen LogP contribution in [0.3, 0.4) is 0 Å². The lowest BCUT2D eigenvalue weighted by Crippen LogP contribution is -2.21. The fourth-order valence-corrected chi connectivity index (χ4v) is 0.992. The fraction of sp³-hybridized carbons (Fsp3) is 0.333. The zero-order chi connectivity index (χ0) is 12.1. The van der Waals surface area contributed by atoms with E-state index in [4.69, 9.17) is 14.8 Å². The lowest BCUT2D eigenvalue weighted by molar-refractivity contribution is 0.0370. The predicted molar refractivity (Wildman–Crippen MR) is 55.6 cm³/mol. The normalized spacial score (nSPS) is 10.1. The molecule has 0 aromatic carbocycles. The Balaban J connectivity index is 2.77. The van der Waals surface area contributed by atoms with E-state index in [0.29, 0.717) is 0 Å². The third kappa shape index (κ3) is 3.88. The Morgan fingerprint density at radius 3 is 2.75 bits per heavy atom. The molecule has 0 aliphatic rings. The molecule has 0 saturated heterocycles. The second kappa shape index (κ2) is 5.48. The van der Waals surface area contributed by atoms with E-state index >= 15 is 0 Å². The number of hydrogen-bond acceptors (Lipinski definition) is 6. The maximum atomic E-state index is 11.4. The molecule has 0 spiro atoms. The average Bonchev–Trinajstić information content (AvgIpc) is 2.16. The molecule has 1 rings (SSSR count). The summed E-state index contributed by atoms with van der Waals surface area (Å²) < 4.78 is 9.49. The van der Waals surface area contributed by atoms with Gasteiger partial charge in [0.2, 0.25) is 0 Å². The van der Waals surface area contributed by atoms with Gasteiger partial charge >= 0.3 is 13.3 Å². The van der Waals surface area contributed by atoms with Gasteiger partial charge in [-0.05, 0) is 19.9 Å². The average molecular weight is 225 g/mol. The third-order valence-corrected chi connectivity index (χ3v) is 1.52. The third-order valence-electron chi connectivity index (χ3n) is 1.52. The first-order chi connectivity index (χ1) is 7.49. The van der Waals surface area contributed by atoms with Gasteiger partial charge in [0.05, 0.1) is 6.10 Å². The molecular formula is C9H12BNO5. The van der Waals surface area contributed by atoms with E-state index in [1.807, 2.05) is 0 Å². The smallest absolute Gasteiger partial charge is 0.512 e. The number of esters is 1. The summed E-state index contributed by atoms with van der Waals surface area (Å²) in [7, 11) is -1.93. The van der Waals surface area contributed by atoms with E-state index in [0.717, 1.165) is 0 Å². The number of pyridine rings is 1. The Morgan fingerprint density at radius 2 is 2.19 bits per heavy atom. The number of aromatic nitrogens is 1. The van der Waals surface area contributed by atoms with Crippen LogP contribution in [-0.2, 0) is 4.74 Å². The molecule has 7 heteroatoms. The van der Waals surface area contributed by atoms with E-state index in [2.05, 4.69) is 9.64 Å². The van der Waals surface area contributed by atoms with Crippen molar-refractivity contribution in [3.05, 3.63) is 24.0 Å². The molecule has 0 radical (unpaired) electrons. The topological polar surface area (TPSA) is 88.9 Å². The Hall–Kier alpha value is -1.60. The second-order valence-corrected chi connectivity index (χ2v) is 3.27. The SMILES string of the molecule is CC(C)OC(=O)c1cc(OB(O)O)ccn1. The van der Waals surface area contributed by atoms with Crippen molar-refractivity contribution in [2.24, 2.45) is 0 Å². The number of nitrogens with zero attached hydrogens (tertiary/aromatic N) is 1. The van der Waals surface area contributed by atoms with Crippen molar-refractivity contribution in [3.63, 3.8) is 0 Å². The van der Waals surface area contributed by atoms with E-state index in [1.165, 1.54) is 18.3 Å². The molecule has 1 aromatic rings. The van der Waals surface area contributed by atoms with Gasteiger partial charge in [0.15, 0.2) is 5.69 Å². The predicted octanol–water partition coefficient (Wildman–Crippen LogP) is -0.00490. The van der Waals surface area contributed by atoms with Crippen molar-refractivity contribution in [1.29, 1.82) is 0 Å². The van der Waals surface area contributed by atoms with Gasteiger partial charge < -0.3 is 19.4 Å². The number of hydrogen-bond donors (Lipinski definition) is 2. The van der Waals surface area contributed by atoms with Crippen LogP contribution < -0.4 is 4.65 Å². The van der Waals surface area contributed by atoms with Gasteiger partial charge in [-0.25, -0.2) is 9.78 Å². The Labute approximate surface area is 93.0 Å². The standard InChI is InChI=1S/C9H12BNO5/c1-6(2)15-9(12)8-5-7(3-4-11-8)16-10(13)14/h3-6,13-14H,1-2H3. The van der Waals surface area contributed by atoms with Crippen molar-refractivity contribution >= 4 is 13.3 Å². The lowest BCUT2D eigenvalue weighted by atomic mass is 10.2. The summed E-state index contributed by atoms with van der Waals surface area (Å²) in [6.07, 6.45) is 1.07. The van der Waals surface area contributed by atoms with Gasteiger partial charge in [0.25, 0.3) is 0 Å². The molecule has 0 amide bonds. The molecule has 6 nitrogen and oxygen atoms in total. The monoisotopic (exact) mass is 225 g/mol.